The normalized spacial score (nSPS) is 11.6. The van der Waals surface area contributed by atoms with Crippen molar-refractivity contribution in [2.75, 3.05) is 0 Å². The predicted octanol–water partition coefficient (Wildman–Crippen LogP) is 28.1. The van der Waals surface area contributed by atoms with Gasteiger partial charge in [0.05, 0.1) is 39.1 Å². The van der Waals surface area contributed by atoms with Gasteiger partial charge in [0.1, 0.15) is 33.1 Å². The van der Waals surface area contributed by atoms with E-state index in [0.717, 1.165) is 94.9 Å². The molecule has 0 fully saturated rings. The van der Waals surface area contributed by atoms with Crippen molar-refractivity contribution >= 4 is 130 Å². The largest absolute Gasteiger partial charge is 0.309 e. The molecule has 0 bridgehead atoms. The van der Waals surface area contributed by atoms with Gasteiger partial charge >= 0.3 is 0 Å². The van der Waals surface area contributed by atoms with Gasteiger partial charge in [-0.2, -0.15) is 14.4 Å². The fourth-order valence-corrected chi connectivity index (χ4v) is 19.0. The van der Waals surface area contributed by atoms with Crippen LogP contribution in [0.4, 0.5) is 0 Å². The first-order chi connectivity index (χ1) is 60.5. The minimum Gasteiger partial charge on any atom is -0.309 e. The molecule has 0 radical (unpaired) electrons. The van der Waals surface area contributed by atoms with E-state index in [2.05, 4.69) is 348 Å². The molecule has 0 atom stereocenters. The highest BCUT2D eigenvalue weighted by molar-refractivity contribution is 7.26. The second kappa shape index (κ2) is 30.0. The van der Waals surface area contributed by atoms with Crippen LogP contribution in [0, 0.1) is 0 Å². The Bertz CT molecular complexity index is 8300. The summed E-state index contributed by atoms with van der Waals surface area (Å²) in [6.45, 7) is 0. The maximum Gasteiger partial charge on any atom is 0.121 e. The minimum atomic E-state index is 0.871. The zero-order chi connectivity index (χ0) is 80.6. The Morgan fingerprint density at radius 3 is 1.18 bits per heavy atom. The average molecular weight is 1580 g/mol. The third-order valence-corrected chi connectivity index (χ3v) is 24.6. The van der Waals surface area contributed by atoms with Crippen LogP contribution in [0.25, 0.3) is 214 Å². The van der Waals surface area contributed by atoms with Gasteiger partial charge in [0.25, 0.3) is 0 Å². The fraction of sp³-hybridized carbons (Fsp3) is 0. The Kier molecular flexibility index (Phi) is 17.5. The van der Waals surface area contributed by atoms with E-state index in [-0.39, 0.29) is 0 Å². The van der Waals surface area contributed by atoms with Gasteiger partial charge in [-0.25, -0.2) is 0 Å². The van der Waals surface area contributed by atoms with E-state index in [9.17, 15) is 0 Å². The molecule has 12 heteroatoms. The van der Waals surface area contributed by atoms with E-state index in [4.69, 9.17) is 25.5 Å². The third-order valence-electron chi connectivity index (χ3n) is 23.5. The maximum absolute atomic E-state index is 4.99. The number of nitrogens with zero attached hydrogens (tertiary/aromatic N) is 11. The van der Waals surface area contributed by atoms with Crippen molar-refractivity contribution < 1.29 is 0 Å². The Balaban J connectivity index is 0.000000107. The van der Waals surface area contributed by atoms with Crippen molar-refractivity contribution in [2.24, 2.45) is 0 Å². The first-order valence-electron chi connectivity index (χ1n) is 41.0. The van der Waals surface area contributed by atoms with Crippen LogP contribution >= 0.6 is 11.3 Å². The second-order valence-electron chi connectivity index (χ2n) is 30.6. The molecule has 25 rings (SSSR count). The lowest BCUT2D eigenvalue weighted by atomic mass is 9.86. The topological polar surface area (TPSA) is 102 Å². The van der Waals surface area contributed by atoms with Gasteiger partial charge < -0.3 is 9.13 Å². The lowest BCUT2D eigenvalue weighted by molar-refractivity contribution is 0.766. The van der Waals surface area contributed by atoms with Crippen molar-refractivity contribution in [3.8, 4) is 95.2 Å². The van der Waals surface area contributed by atoms with Crippen LogP contribution < -0.4 is 0 Å². The van der Waals surface area contributed by atoms with E-state index in [1.54, 1.807) is 14.4 Å². The fourth-order valence-electron chi connectivity index (χ4n) is 17.9. The number of aromatic nitrogens is 11. The molecule has 19 aromatic carbocycles. The molecule has 0 saturated carbocycles. The van der Waals surface area contributed by atoms with Gasteiger partial charge in [-0.3, -0.25) is 0 Å². The Morgan fingerprint density at radius 2 is 0.590 bits per heavy atom. The highest BCUT2D eigenvalue weighted by atomic mass is 32.1. The SMILES string of the molecule is c1ccc(-c2c(-c3cccc4nn(-c5ccccc5)nc34)cccc2-c2cccc3sc4ccccc4c23)cc1.c1ccc(-c2cc3c(c4ccccc24)c2cc(-c4ccc5nn(-c6ccccc6)nc5c4)ccc2n3-c2ccccc2)cc1.c1ccc(-n2nc3ccc(-c4ccc5c(c4)c4c6ccccc6ccc4n5-c4ccccc4)cc3n2)cc1. The van der Waals surface area contributed by atoms with Gasteiger partial charge in [0, 0.05) is 58.7 Å². The quantitative estimate of drug-likeness (QED) is 0.128. The standard InChI is InChI=1S/C40H26N4.C36H23N3S.C34H22N4/c1-4-12-27(13-5-1)34-26-39-40(33-19-11-10-18-32(33)34)35-24-28(21-23-38(35)43(39)30-14-6-2-7-15-30)29-20-22-36-37(25-29)42-44(41-36)31-16-8-3-9-17-31;1-3-12-24(13-4-1)34-26(27-19-11-23-33-35(27)30-16-7-8-22-32(30)40-33)17-9-18-28(34)29-20-10-21-31-36(29)38-39(37-31)25-14-5-2-6-15-25;1-3-10-26(11-4-1)37-32-19-17-24(21-29(32)34-28-14-8-7-9-23(28)16-20-33(34)37)25-15-18-30-31(22-25)36-38(35-30)27-12-5-2-6-13-27/h1-26H;1-23H;1-22H. The molecule has 0 aliphatic rings. The lowest BCUT2D eigenvalue weighted by Gasteiger charge is -2.17. The van der Waals surface area contributed by atoms with Crippen LogP contribution in [-0.4, -0.2) is 54.1 Å². The Morgan fingerprint density at radius 1 is 0.189 bits per heavy atom. The molecule has 6 heterocycles. The molecule has 0 unspecified atom stereocenters. The number of hydrogen-bond donors (Lipinski definition) is 0. The van der Waals surface area contributed by atoms with Gasteiger partial charge in [0.2, 0.25) is 0 Å². The van der Waals surface area contributed by atoms with Crippen LogP contribution in [0.1, 0.15) is 0 Å². The lowest BCUT2D eigenvalue weighted by Crippen LogP contribution is -1.97. The molecule has 0 spiro atoms. The van der Waals surface area contributed by atoms with Crippen LogP contribution in [0.3, 0.4) is 0 Å². The van der Waals surface area contributed by atoms with Crippen molar-refractivity contribution in [3.63, 3.8) is 0 Å². The molecule has 0 aliphatic carbocycles. The first-order valence-corrected chi connectivity index (χ1v) is 41.8. The molecule has 0 aliphatic heterocycles. The summed E-state index contributed by atoms with van der Waals surface area (Å²) in [6, 6.07) is 152. The van der Waals surface area contributed by atoms with E-state index in [0.29, 0.717) is 0 Å². The van der Waals surface area contributed by atoms with Gasteiger partial charge in [-0.1, -0.05) is 291 Å². The number of para-hydroxylation sites is 5. The molecule has 25 aromatic rings. The highest BCUT2D eigenvalue weighted by Gasteiger charge is 2.24. The van der Waals surface area contributed by atoms with Crippen molar-refractivity contribution in [1.29, 1.82) is 0 Å². The molecular formula is C110H71N11S. The number of rotatable bonds is 11. The Labute approximate surface area is 705 Å². The average Bonchev–Trinajstić information content (AvgIpc) is 1.56. The summed E-state index contributed by atoms with van der Waals surface area (Å²) in [5.74, 6) is 0. The van der Waals surface area contributed by atoms with Crippen LogP contribution in [0.5, 0.6) is 0 Å². The van der Waals surface area contributed by atoms with E-state index < -0.39 is 0 Å². The molecule has 0 N–H and O–H groups in total. The van der Waals surface area contributed by atoms with Crippen molar-refractivity contribution in [3.05, 3.63) is 431 Å². The summed E-state index contributed by atoms with van der Waals surface area (Å²) < 4.78 is 7.39. The number of thiophene rings is 1. The predicted molar refractivity (Wildman–Crippen MR) is 506 cm³/mol. The van der Waals surface area contributed by atoms with Gasteiger partial charge in [-0.15, -0.1) is 41.9 Å². The molecule has 6 aromatic heterocycles. The Hall–Kier alpha value is -16.3. The number of hydrogen-bond acceptors (Lipinski definition) is 7. The smallest absolute Gasteiger partial charge is 0.121 e. The van der Waals surface area contributed by atoms with E-state index in [1.165, 1.54) is 119 Å². The first kappa shape index (κ1) is 71.1. The number of benzene rings is 19. The summed E-state index contributed by atoms with van der Waals surface area (Å²) >= 11 is 1.85. The van der Waals surface area contributed by atoms with Crippen molar-refractivity contribution in [1.82, 2.24) is 54.1 Å². The van der Waals surface area contributed by atoms with E-state index in [1.807, 2.05) is 108 Å². The molecule has 572 valence electrons. The van der Waals surface area contributed by atoms with Crippen molar-refractivity contribution in [2.45, 2.75) is 0 Å². The summed E-state index contributed by atoms with van der Waals surface area (Å²) in [5, 5.41) is 41.4. The third kappa shape index (κ3) is 12.5. The zero-order valence-corrected chi connectivity index (χ0v) is 66.6. The van der Waals surface area contributed by atoms with Gasteiger partial charge in [-0.05, 0) is 222 Å². The number of fused-ring (bicyclic) bond motifs is 16. The molecule has 122 heavy (non-hydrogen) atoms. The van der Waals surface area contributed by atoms with Crippen LogP contribution in [-0.2, 0) is 0 Å². The summed E-state index contributed by atoms with van der Waals surface area (Å²) in [5.41, 5.74) is 29.3. The second-order valence-corrected chi connectivity index (χ2v) is 31.7. The van der Waals surface area contributed by atoms with Crippen LogP contribution in [0.15, 0.2) is 431 Å². The maximum atomic E-state index is 4.99. The van der Waals surface area contributed by atoms with Crippen LogP contribution in [0.2, 0.25) is 0 Å². The molecule has 11 nitrogen and oxygen atoms in total. The molecule has 0 saturated heterocycles. The summed E-state index contributed by atoms with van der Waals surface area (Å²) in [4.78, 5) is 5.15. The highest BCUT2D eigenvalue weighted by Crippen LogP contribution is 2.49. The van der Waals surface area contributed by atoms with E-state index >= 15 is 0 Å². The monoisotopic (exact) mass is 1580 g/mol. The summed E-state index contributed by atoms with van der Waals surface area (Å²) in [6.07, 6.45) is 0. The molecular weight excluding hydrogens is 1510 g/mol. The minimum absolute atomic E-state index is 0.871. The molecule has 0 amide bonds. The van der Waals surface area contributed by atoms with Gasteiger partial charge in [0.15, 0.2) is 0 Å². The zero-order valence-electron chi connectivity index (χ0n) is 65.8. The summed E-state index contributed by atoms with van der Waals surface area (Å²) in [7, 11) is 0.